The molecule has 20 heavy (non-hydrogen) atoms. The molecule has 0 radical (unpaired) electrons. The number of carbonyl (C=O) groups is 1. The first-order chi connectivity index (χ1) is 9.38. The molecule has 0 aliphatic heterocycles. The first-order valence-corrected chi connectivity index (χ1v) is 6.63. The van der Waals surface area contributed by atoms with Crippen LogP contribution in [0.4, 0.5) is 14.6 Å². The van der Waals surface area contributed by atoms with Gasteiger partial charge in [0.15, 0.2) is 0 Å². The number of hydrogen-bond acceptors (Lipinski definition) is 2. The third-order valence-electron chi connectivity index (χ3n) is 2.53. The standard InChI is InChI=1S/C13H8BrClF2N2O/c1-6-2-7(14)5-18-12(6)19-13(20)8-3-11(17)9(15)4-10(8)16/h2-5H,1H3,(H,18,19,20). The number of pyridine rings is 1. The zero-order valence-corrected chi connectivity index (χ0v) is 12.5. The van der Waals surface area contributed by atoms with Gasteiger partial charge in [-0.15, -0.1) is 0 Å². The van der Waals surface area contributed by atoms with Crippen LogP contribution in [-0.2, 0) is 0 Å². The number of rotatable bonds is 2. The average molecular weight is 362 g/mol. The number of aromatic nitrogens is 1. The number of nitrogens with one attached hydrogen (secondary N) is 1. The topological polar surface area (TPSA) is 42.0 Å². The maximum Gasteiger partial charge on any atom is 0.259 e. The van der Waals surface area contributed by atoms with Gasteiger partial charge in [0.05, 0.1) is 10.6 Å². The Morgan fingerprint density at radius 3 is 2.65 bits per heavy atom. The fraction of sp³-hybridized carbons (Fsp3) is 0.0769. The highest BCUT2D eigenvalue weighted by Gasteiger charge is 2.16. The Labute approximate surface area is 127 Å². The highest BCUT2D eigenvalue weighted by Crippen LogP contribution is 2.21. The summed E-state index contributed by atoms with van der Waals surface area (Å²) < 4.78 is 27.6. The van der Waals surface area contributed by atoms with Gasteiger partial charge in [-0.1, -0.05) is 11.6 Å². The summed E-state index contributed by atoms with van der Waals surface area (Å²) in [6.45, 7) is 1.73. The fourth-order valence-electron chi connectivity index (χ4n) is 1.54. The predicted molar refractivity (Wildman–Crippen MR) is 76.0 cm³/mol. The second-order valence-electron chi connectivity index (χ2n) is 4.02. The Hall–Kier alpha value is -1.53. The summed E-state index contributed by atoms with van der Waals surface area (Å²) in [5.41, 5.74) is 0.249. The van der Waals surface area contributed by atoms with Crippen LogP contribution in [0.5, 0.6) is 0 Å². The van der Waals surface area contributed by atoms with Crippen molar-refractivity contribution in [2.24, 2.45) is 0 Å². The molecule has 1 N–H and O–H groups in total. The maximum atomic E-state index is 13.6. The summed E-state index contributed by atoms with van der Waals surface area (Å²) in [5.74, 6) is -2.29. The van der Waals surface area contributed by atoms with Crippen molar-refractivity contribution >= 4 is 39.3 Å². The Bertz CT molecular complexity index is 694. The van der Waals surface area contributed by atoms with Crippen LogP contribution in [0.2, 0.25) is 5.02 Å². The van der Waals surface area contributed by atoms with Gasteiger partial charge in [0.25, 0.3) is 5.91 Å². The average Bonchev–Trinajstić information content (AvgIpc) is 2.37. The Kier molecular flexibility index (Phi) is 4.35. The van der Waals surface area contributed by atoms with Gasteiger partial charge in [-0.05, 0) is 46.6 Å². The quantitative estimate of drug-likeness (QED) is 0.809. The van der Waals surface area contributed by atoms with Gasteiger partial charge in [0, 0.05) is 10.7 Å². The minimum atomic E-state index is -0.899. The largest absolute Gasteiger partial charge is 0.306 e. The molecule has 1 aromatic heterocycles. The lowest BCUT2D eigenvalue weighted by atomic mass is 10.2. The first kappa shape index (κ1) is 14.9. The smallest absolute Gasteiger partial charge is 0.259 e. The van der Waals surface area contributed by atoms with Crippen LogP contribution in [0.3, 0.4) is 0 Å². The van der Waals surface area contributed by atoms with Crippen LogP contribution in [-0.4, -0.2) is 10.9 Å². The van der Waals surface area contributed by atoms with E-state index < -0.39 is 23.1 Å². The molecule has 2 aromatic rings. The van der Waals surface area contributed by atoms with E-state index in [1.54, 1.807) is 13.0 Å². The number of hydrogen-bond donors (Lipinski definition) is 1. The van der Waals surface area contributed by atoms with Gasteiger partial charge in [-0.25, -0.2) is 13.8 Å². The molecule has 0 aliphatic rings. The van der Waals surface area contributed by atoms with Crippen LogP contribution in [0, 0.1) is 18.6 Å². The number of amides is 1. The highest BCUT2D eigenvalue weighted by atomic mass is 79.9. The van der Waals surface area contributed by atoms with E-state index in [0.29, 0.717) is 5.56 Å². The van der Waals surface area contributed by atoms with Gasteiger partial charge >= 0.3 is 0 Å². The van der Waals surface area contributed by atoms with E-state index in [4.69, 9.17) is 11.6 Å². The lowest BCUT2D eigenvalue weighted by molar-refractivity contribution is 0.102. The second kappa shape index (κ2) is 5.85. The zero-order chi connectivity index (χ0) is 14.9. The number of anilines is 1. The summed E-state index contributed by atoms with van der Waals surface area (Å²) >= 11 is 8.67. The van der Waals surface area contributed by atoms with Crippen LogP contribution in [0.1, 0.15) is 15.9 Å². The molecule has 0 atom stereocenters. The number of carbonyl (C=O) groups excluding carboxylic acids is 1. The van der Waals surface area contributed by atoms with Crippen LogP contribution in [0.25, 0.3) is 0 Å². The molecule has 104 valence electrons. The molecule has 1 aromatic carbocycles. The van der Waals surface area contributed by atoms with Crippen molar-refractivity contribution in [1.82, 2.24) is 4.98 Å². The van der Waals surface area contributed by atoms with Gasteiger partial charge in [-0.2, -0.15) is 0 Å². The van der Waals surface area contributed by atoms with Crippen molar-refractivity contribution in [3.63, 3.8) is 0 Å². The molecular formula is C13H8BrClF2N2O. The summed E-state index contributed by atoms with van der Waals surface area (Å²) in [5, 5.41) is 2.04. The Morgan fingerprint density at radius 2 is 2.00 bits per heavy atom. The summed E-state index contributed by atoms with van der Waals surface area (Å²) in [7, 11) is 0. The van der Waals surface area contributed by atoms with Crippen molar-refractivity contribution in [3.8, 4) is 0 Å². The Balaban J connectivity index is 2.31. The van der Waals surface area contributed by atoms with Gasteiger partial charge in [-0.3, -0.25) is 4.79 Å². The number of halogens is 4. The van der Waals surface area contributed by atoms with E-state index in [9.17, 15) is 13.6 Å². The molecule has 0 aliphatic carbocycles. The molecule has 1 heterocycles. The normalized spacial score (nSPS) is 10.4. The van der Waals surface area contributed by atoms with Gasteiger partial charge < -0.3 is 5.32 Å². The third-order valence-corrected chi connectivity index (χ3v) is 3.25. The van der Waals surface area contributed by atoms with Crippen LogP contribution in [0.15, 0.2) is 28.9 Å². The van der Waals surface area contributed by atoms with Crippen molar-refractivity contribution < 1.29 is 13.6 Å². The number of aryl methyl sites for hydroxylation is 1. The monoisotopic (exact) mass is 360 g/mol. The zero-order valence-electron chi connectivity index (χ0n) is 10.2. The minimum Gasteiger partial charge on any atom is -0.306 e. The molecule has 0 bridgehead atoms. The predicted octanol–water partition coefficient (Wildman–Crippen LogP) is 4.34. The van der Waals surface area contributed by atoms with Crippen molar-refractivity contribution in [2.75, 3.05) is 5.32 Å². The van der Waals surface area contributed by atoms with E-state index in [1.165, 1.54) is 6.20 Å². The van der Waals surface area contributed by atoms with Crippen molar-refractivity contribution in [1.29, 1.82) is 0 Å². The highest BCUT2D eigenvalue weighted by molar-refractivity contribution is 9.10. The molecule has 0 spiro atoms. The van der Waals surface area contributed by atoms with E-state index in [-0.39, 0.29) is 10.8 Å². The molecule has 1 amide bonds. The molecule has 0 saturated heterocycles. The molecule has 0 saturated carbocycles. The van der Waals surface area contributed by atoms with E-state index in [2.05, 4.69) is 26.2 Å². The molecule has 7 heteroatoms. The van der Waals surface area contributed by atoms with Crippen molar-refractivity contribution in [2.45, 2.75) is 6.92 Å². The van der Waals surface area contributed by atoms with E-state index in [1.807, 2.05) is 0 Å². The lowest BCUT2D eigenvalue weighted by Gasteiger charge is -2.08. The SMILES string of the molecule is Cc1cc(Br)cnc1NC(=O)c1cc(F)c(Cl)cc1F. The summed E-state index contributed by atoms with van der Waals surface area (Å²) in [4.78, 5) is 15.9. The molecule has 3 nitrogen and oxygen atoms in total. The lowest BCUT2D eigenvalue weighted by Crippen LogP contribution is -2.16. The number of nitrogens with zero attached hydrogens (tertiary/aromatic N) is 1. The van der Waals surface area contributed by atoms with Crippen molar-refractivity contribution in [3.05, 3.63) is 56.7 Å². The van der Waals surface area contributed by atoms with Gasteiger partial charge in [0.1, 0.15) is 17.5 Å². The maximum absolute atomic E-state index is 13.6. The van der Waals surface area contributed by atoms with Crippen LogP contribution < -0.4 is 5.32 Å². The summed E-state index contributed by atoms with van der Waals surface area (Å²) in [6, 6.07) is 3.25. The first-order valence-electron chi connectivity index (χ1n) is 5.46. The molecule has 0 unspecified atom stereocenters. The molecular weight excluding hydrogens is 354 g/mol. The minimum absolute atomic E-state index is 0.271. The Morgan fingerprint density at radius 1 is 1.30 bits per heavy atom. The number of benzene rings is 1. The second-order valence-corrected chi connectivity index (χ2v) is 5.34. The van der Waals surface area contributed by atoms with E-state index >= 15 is 0 Å². The summed E-state index contributed by atoms with van der Waals surface area (Å²) in [6.07, 6.45) is 1.49. The fourth-order valence-corrected chi connectivity index (χ4v) is 2.14. The molecule has 2 rings (SSSR count). The van der Waals surface area contributed by atoms with Gasteiger partial charge in [0.2, 0.25) is 0 Å². The third kappa shape index (κ3) is 3.13. The molecule has 0 fully saturated rings. The van der Waals surface area contributed by atoms with E-state index in [0.717, 1.165) is 16.6 Å². The van der Waals surface area contributed by atoms with Crippen LogP contribution >= 0.6 is 27.5 Å².